The van der Waals surface area contributed by atoms with Crippen LogP contribution in [0.4, 0.5) is 5.69 Å². The first-order valence-electron chi connectivity index (χ1n) is 12.4. The van der Waals surface area contributed by atoms with Crippen molar-refractivity contribution in [2.45, 2.75) is 25.7 Å². The van der Waals surface area contributed by atoms with Crippen LogP contribution in [0.3, 0.4) is 0 Å². The van der Waals surface area contributed by atoms with Crippen molar-refractivity contribution in [2.24, 2.45) is 23.7 Å². The van der Waals surface area contributed by atoms with Crippen LogP contribution in [0.5, 0.6) is 5.75 Å². The van der Waals surface area contributed by atoms with Crippen LogP contribution < -0.4 is 9.64 Å². The van der Waals surface area contributed by atoms with Gasteiger partial charge >= 0.3 is 5.97 Å². The molecular weight excluding hydrogens is 450 g/mol. The van der Waals surface area contributed by atoms with Crippen molar-refractivity contribution < 1.29 is 19.1 Å². The van der Waals surface area contributed by atoms with E-state index in [0.29, 0.717) is 17.0 Å². The molecule has 0 N–H and O–H groups in total. The Bertz CT molecular complexity index is 1340. The Labute approximate surface area is 210 Å². The third-order valence-electron chi connectivity index (χ3n) is 8.11. The Morgan fingerprint density at radius 3 is 1.92 bits per heavy atom. The number of amides is 2. The van der Waals surface area contributed by atoms with Gasteiger partial charge in [0.25, 0.3) is 0 Å². The predicted octanol–water partition coefficient (Wildman–Crippen LogP) is 5.54. The van der Waals surface area contributed by atoms with Crippen molar-refractivity contribution in [3.8, 4) is 5.75 Å². The summed E-state index contributed by atoms with van der Waals surface area (Å²) in [6, 6.07) is 24.3. The van der Waals surface area contributed by atoms with Crippen molar-refractivity contribution in [1.82, 2.24) is 0 Å². The summed E-state index contributed by atoms with van der Waals surface area (Å²) in [6.45, 7) is 4.32. The minimum Gasteiger partial charge on any atom is -0.423 e. The van der Waals surface area contributed by atoms with E-state index >= 15 is 0 Å². The highest BCUT2D eigenvalue weighted by Crippen LogP contribution is 2.53. The molecule has 4 atom stereocenters. The van der Waals surface area contributed by atoms with Gasteiger partial charge in [-0.25, -0.2) is 4.79 Å². The molecule has 3 aromatic rings. The van der Waals surface area contributed by atoms with E-state index < -0.39 is 5.97 Å². The number of hydrogen-bond donors (Lipinski definition) is 0. The molecule has 2 amide bonds. The zero-order valence-electron chi connectivity index (χ0n) is 20.3. The Kier molecular flexibility index (Phi) is 5.18. The molecule has 4 unspecified atom stereocenters. The SMILES string of the molecule is CC(C)(c1ccccc1)c1ccc(OC(=O)c2ccc(N3C(=O)C4C5C=CC(C5)C4C3=O)cc2)cc1. The lowest BCUT2D eigenvalue weighted by Gasteiger charge is -2.26. The van der Waals surface area contributed by atoms with Crippen LogP contribution in [0.15, 0.2) is 91.0 Å². The summed E-state index contributed by atoms with van der Waals surface area (Å²) in [4.78, 5) is 40.1. The first-order chi connectivity index (χ1) is 17.3. The van der Waals surface area contributed by atoms with E-state index in [9.17, 15) is 14.4 Å². The largest absolute Gasteiger partial charge is 0.423 e. The van der Waals surface area contributed by atoms with Gasteiger partial charge in [-0.3, -0.25) is 14.5 Å². The van der Waals surface area contributed by atoms with Gasteiger partial charge in [0, 0.05) is 5.41 Å². The lowest BCUT2D eigenvalue weighted by atomic mass is 9.78. The van der Waals surface area contributed by atoms with Crippen molar-refractivity contribution in [1.29, 1.82) is 0 Å². The van der Waals surface area contributed by atoms with Gasteiger partial charge in [0.15, 0.2) is 0 Å². The number of carbonyl (C=O) groups is 3. The number of esters is 1. The fourth-order valence-electron chi connectivity index (χ4n) is 6.03. The second-order valence-corrected chi connectivity index (χ2v) is 10.5. The van der Waals surface area contributed by atoms with Gasteiger partial charge in [-0.15, -0.1) is 0 Å². The minimum absolute atomic E-state index is 0.129. The molecule has 1 heterocycles. The quantitative estimate of drug-likeness (QED) is 0.209. The average Bonchev–Trinajstić information content (AvgIpc) is 3.58. The van der Waals surface area contributed by atoms with Crippen molar-refractivity contribution >= 4 is 23.5 Å². The zero-order chi connectivity index (χ0) is 25.0. The summed E-state index contributed by atoms with van der Waals surface area (Å²) >= 11 is 0. The monoisotopic (exact) mass is 477 g/mol. The van der Waals surface area contributed by atoms with Crippen LogP contribution in [-0.2, 0) is 15.0 Å². The number of hydrogen-bond acceptors (Lipinski definition) is 4. The summed E-state index contributed by atoms with van der Waals surface area (Å²) in [5.74, 6) is -0.446. The zero-order valence-corrected chi connectivity index (χ0v) is 20.3. The summed E-state index contributed by atoms with van der Waals surface area (Å²) in [6.07, 6.45) is 5.06. The smallest absolute Gasteiger partial charge is 0.343 e. The van der Waals surface area contributed by atoms with E-state index in [0.717, 1.165) is 12.0 Å². The van der Waals surface area contributed by atoms with E-state index in [2.05, 4.69) is 38.1 Å². The molecule has 0 spiro atoms. The van der Waals surface area contributed by atoms with Gasteiger partial charge in [-0.1, -0.05) is 68.5 Å². The Morgan fingerprint density at radius 1 is 0.778 bits per heavy atom. The Balaban J connectivity index is 1.14. The maximum atomic E-state index is 13.0. The summed E-state index contributed by atoms with van der Waals surface area (Å²) in [7, 11) is 0. The molecule has 36 heavy (non-hydrogen) atoms. The van der Waals surface area contributed by atoms with Crippen LogP contribution >= 0.6 is 0 Å². The molecular formula is C31H27NO4. The van der Waals surface area contributed by atoms with Gasteiger partial charge in [0.1, 0.15) is 5.75 Å². The van der Waals surface area contributed by atoms with Crippen LogP contribution in [-0.4, -0.2) is 17.8 Å². The first kappa shape index (κ1) is 22.5. The van der Waals surface area contributed by atoms with Crippen LogP contribution in [0.1, 0.15) is 41.8 Å². The minimum atomic E-state index is -0.491. The topological polar surface area (TPSA) is 63.7 Å². The average molecular weight is 478 g/mol. The number of ether oxygens (including phenoxy) is 1. The molecule has 1 saturated carbocycles. The molecule has 180 valence electrons. The van der Waals surface area contributed by atoms with Gasteiger partial charge in [0.05, 0.1) is 23.1 Å². The molecule has 5 nitrogen and oxygen atoms in total. The highest BCUT2D eigenvalue weighted by Gasteiger charge is 2.59. The highest BCUT2D eigenvalue weighted by molar-refractivity contribution is 6.22. The third kappa shape index (κ3) is 3.49. The van der Waals surface area contributed by atoms with Crippen LogP contribution in [0.2, 0.25) is 0 Å². The molecule has 2 bridgehead atoms. The maximum Gasteiger partial charge on any atom is 0.343 e. The summed E-state index contributed by atoms with van der Waals surface area (Å²) < 4.78 is 5.58. The van der Waals surface area contributed by atoms with E-state index in [-0.39, 0.29) is 40.9 Å². The summed E-state index contributed by atoms with van der Waals surface area (Å²) in [5, 5.41) is 0. The Hall–Kier alpha value is -3.99. The third-order valence-corrected chi connectivity index (χ3v) is 8.11. The number of nitrogens with zero attached hydrogens (tertiary/aromatic N) is 1. The molecule has 1 saturated heterocycles. The van der Waals surface area contributed by atoms with E-state index in [4.69, 9.17) is 4.74 Å². The number of anilines is 1. The fourth-order valence-corrected chi connectivity index (χ4v) is 6.03. The van der Waals surface area contributed by atoms with Gasteiger partial charge < -0.3 is 4.74 Å². The van der Waals surface area contributed by atoms with Gasteiger partial charge in [0.2, 0.25) is 11.8 Å². The Morgan fingerprint density at radius 2 is 1.33 bits per heavy atom. The van der Waals surface area contributed by atoms with Crippen molar-refractivity contribution in [3.05, 3.63) is 108 Å². The van der Waals surface area contributed by atoms with E-state index in [1.165, 1.54) is 10.5 Å². The molecule has 0 aromatic heterocycles. The molecule has 2 aliphatic carbocycles. The number of fused-ring (bicyclic) bond motifs is 5. The fraction of sp³-hybridized carbons (Fsp3) is 0.258. The lowest BCUT2D eigenvalue weighted by Crippen LogP contribution is -2.32. The molecule has 6 rings (SSSR count). The standard InChI is InChI=1S/C31H27NO4/c1-31(2,22-6-4-3-5-7-22)23-12-16-25(17-13-23)36-30(35)19-10-14-24(15-11-19)32-28(33)26-20-8-9-21(18-20)27(26)29(32)34/h3-17,20-21,26-27H,18H2,1-2H3. The highest BCUT2D eigenvalue weighted by atomic mass is 16.5. The number of rotatable bonds is 5. The van der Waals surface area contributed by atoms with Gasteiger partial charge in [-0.05, 0) is 65.8 Å². The lowest BCUT2D eigenvalue weighted by molar-refractivity contribution is -0.123. The molecule has 0 radical (unpaired) electrons. The van der Waals surface area contributed by atoms with E-state index in [1.54, 1.807) is 36.4 Å². The predicted molar refractivity (Wildman–Crippen MR) is 137 cm³/mol. The molecule has 1 aliphatic heterocycles. The number of carbonyl (C=O) groups excluding carboxylic acids is 3. The second-order valence-electron chi connectivity index (χ2n) is 10.5. The molecule has 5 heteroatoms. The summed E-state index contributed by atoms with van der Waals surface area (Å²) in [5.41, 5.74) is 3.00. The number of allylic oxidation sites excluding steroid dienone is 2. The second kappa shape index (κ2) is 8.30. The van der Waals surface area contributed by atoms with Crippen LogP contribution in [0.25, 0.3) is 0 Å². The number of benzene rings is 3. The van der Waals surface area contributed by atoms with Crippen LogP contribution in [0, 0.1) is 23.7 Å². The van der Waals surface area contributed by atoms with E-state index in [1.807, 2.05) is 30.3 Å². The van der Waals surface area contributed by atoms with Crippen molar-refractivity contribution in [2.75, 3.05) is 4.90 Å². The molecule has 3 aromatic carbocycles. The maximum absolute atomic E-state index is 13.0. The molecule has 2 fully saturated rings. The number of imide groups is 1. The van der Waals surface area contributed by atoms with Crippen molar-refractivity contribution in [3.63, 3.8) is 0 Å². The van der Waals surface area contributed by atoms with Gasteiger partial charge in [-0.2, -0.15) is 0 Å². The molecule has 3 aliphatic rings. The normalized spacial score (nSPS) is 24.3. The first-order valence-corrected chi connectivity index (χ1v) is 12.4.